The number of nitrogens with zero attached hydrogens (tertiary/aromatic N) is 2. The third-order valence-corrected chi connectivity index (χ3v) is 3.51. The van der Waals surface area contributed by atoms with Gasteiger partial charge in [0.05, 0.1) is 11.9 Å². The number of hydrogen-bond donors (Lipinski definition) is 1. The highest BCUT2D eigenvalue weighted by Crippen LogP contribution is 2.11. The maximum Gasteiger partial charge on any atom is 0.232 e. The molecule has 0 fully saturated rings. The van der Waals surface area contributed by atoms with E-state index in [4.69, 9.17) is 5.11 Å². The smallest absolute Gasteiger partial charge is 0.232 e. The van der Waals surface area contributed by atoms with Gasteiger partial charge in [0, 0.05) is 31.7 Å². The number of thioether (sulfide) groups is 1. The summed E-state index contributed by atoms with van der Waals surface area (Å²) in [6, 6.07) is 3.90. The van der Waals surface area contributed by atoms with Gasteiger partial charge in [0.2, 0.25) is 5.91 Å². The van der Waals surface area contributed by atoms with Crippen molar-refractivity contribution >= 4 is 17.7 Å². The summed E-state index contributed by atoms with van der Waals surface area (Å²) in [4.78, 5) is 17.5. The Morgan fingerprint density at radius 3 is 3.00 bits per heavy atom. The zero-order chi connectivity index (χ0) is 13.4. The van der Waals surface area contributed by atoms with Crippen molar-refractivity contribution in [3.63, 3.8) is 0 Å². The van der Waals surface area contributed by atoms with Crippen LogP contribution in [0.15, 0.2) is 24.5 Å². The number of rotatable bonds is 7. The van der Waals surface area contributed by atoms with E-state index in [1.807, 2.05) is 18.3 Å². The van der Waals surface area contributed by atoms with Crippen molar-refractivity contribution in [3.8, 4) is 0 Å². The van der Waals surface area contributed by atoms with Crippen LogP contribution in [0.4, 0.5) is 0 Å². The first kappa shape index (κ1) is 15.0. The molecule has 1 rings (SSSR count). The van der Waals surface area contributed by atoms with Crippen LogP contribution in [0.2, 0.25) is 0 Å². The number of aliphatic hydroxyl groups is 1. The second-order valence-corrected chi connectivity index (χ2v) is 5.29. The molecule has 1 aromatic heterocycles. The lowest BCUT2D eigenvalue weighted by Gasteiger charge is -2.17. The van der Waals surface area contributed by atoms with Crippen LogP contribution in [0.1, 0.15) is 18.9 Å². The van der Waals surface area contributed by atoms with Gasteiger partial charge >= 0.3 is 0 Å². The van der Waals surface area contributed by atoms with Crippen LogP contribution < -0.4 is 0 Å². The standard InChI is InChI=1S/C13H20N2O2S/c1-11(16)5-7-15(2)13(17)10-18-9-12-4-3-6-14-8-12/h3-4,6,8,11,16H,5,7,9-10H2,1-2H3. The van der Waals surface area contributed by atoms with Gasteiger partial charge in [0.1, 0.15) is 0 Å². The van der Waals surface area contributed by atoms with Gasteiger partial charge in [0.25, 0.3) is 0 Å². The van der Waals surface area contributed by atoms with E-state index >= 15 is 0 Å². The average molecular weight is 268 g/mol. The van der Waals surface area contributed by atoms with Crippen LogP contribution in [-0.4, -0.2) is 46.3 Å². The van der Waals surface area contributed by atoms with Gasteiger partial charge in [-0.1, -0.05) is 6.07 Å². The summed E-state index contributed by atoms with van der Waals surface area (Å²) < 4.78 is 0. The maximum absolute atomic E-state index is 11.8. The van der Waals surface area contributed by atoms with Crippen LogP contribution in [0.25, 0.3) is 0 Å². The van der Waals surface area contributed by atoms with E-state index in [2.05, 4.69) is 4.98 Å². The average Bonchev–Trinajstić information content (AvgIpc) is 2.37. The van der Waals surface area contributed by atoms with E-state index in [1.54, 1.807) is 36.8 Å². The zero-order valence-corrected chi connectivity index (χ0v) is 11.7. The molecular weight excluding hydrogens is 248 g/mol. The molecule has 1 unspecified atom stereocenters. The minimum Gasteiger partial charge on any atom is -0.393 e. The van der Waals surface area contributed by atoms with E-state index in [0.29, 0.717) is 18.7 Å². The summed E-state index contributed by atoms with van der Waals surface area (Å²) in [5.41, 5.74) is 1.13. The van der Waals surface area contributed by atoms with Crippen molar-refractivity contribution in [1.82, 2.24) is 9.88 Å². The topological polar surface area (TPSA) is 53.4 Å². The molecule has 0 aliphatic rings. The Hall–Kier alpha value is -1.07. The molecule has 0 radical (unpaired) electrons. The first-order chi connectivity index (χ1) is 8.59. The van der Waals surface area contributed by atoms with Gasteiger partial charge in [0.15, 0.2) is 0 Å². The Morgan fingerprint density at radius 1 is 1.61 bits per heavy atom. The first-order valence-electron chi connectivity index (χ1n) is 5.98. The molecule has 1 N–H and O–H groups in total. The predicted octanol–water partition coefficient (Wildman–Crippen LogP) is 1.54. The fourth-order valence-corrected chi connectivity index (χ4v) is 2.26. The van der Waals surface area contributed by atoms with Crippen LogP contribution in [0.3, 0.4) is 0 Å². The second-order valence-electron chi connectivity index (χ2n) is 4.31. The van der Waals surface area contributed by atoms with Crippen molar-refractivity contribution in [2.45, 2.75) is 25.2 Å². The van der Waals surface area contributed by atoms with Crippen molar-refractivity contribution in [3.05, 3.63) is 30.1 Å². The Labute approximate surface area is 112 Å². The predicted molar refractivity (Wildman–Crippen MR) is 74.3 cm³/mol. The van der Waals surface area contributed by atoms with Gasteiger partial charge < -0.3 is 10.0 Å². The lowest BCUT2D eigenvalue weighted by molar-refractivity contribution is -0.127. The van der Waals surface area contributed by atoms with Crippen molar-refractivity contribution in [2.75, 3.05) is 19.3 Å². The Kier molecular flexibility index (Phi) is 6.75. The van der Waals surface area contributed by atoms with Crippen LogP contribution >= 0.6 is 11.8 Å². The van der Waals surface area contributed by atoms with E-state index in [9.17, 15) is 4.79 Å². The van der Waals surface area contributed by atoms with Crippen LogP contribution in [0.5, 0.6) is 0 Å². The van der Waals surface area contributed by atoms with E-state index < -0.39 is 0 Å². The highest BCUT2D eigenvalue weighted by atomic mass is 32.2. The molecule has 0 saturated carbocycles. The molecule has 0 aromatic carbocycles. The largest absolute Gasteiger partial charge is 0.393 e. The molecule has 0 bridgehead atoms. The lowest BCUT2D eigenvalue weighted by atomic mass is 10.3. The molecule has 0 aliphatic carbocycles. The monoisotopic (exact) mass is 268 g/mol. The molecule has 1 amide bonds. The van der Waals surface area contributed by atoms with Crippen LogP contribution in [0, 0.1) is 0 Å². The third kappa shape index (κ3) is 6.02. The van der Waals surface area contributed by atoms with Gasteiger partial charge in [-0.2, -0.15) is 0 Å². The Morgan fingerprint density at radius 2 is 2.39 bits per heavy atom. The molecule has 5 heteroatoms. The normalized spacial score (nSPS) is 12.2. The number of carbonyl (C=O) groups is 1. The molecule has 0 aliphatic heterocycles. The van der Waals surface area contributed by atoms with Crippen molar-refractivity contribution < 1.29 is 9.90 Å². The fraction of sp³-hybridized carbons (Fsp3) is 0.538. The summed E-state index contributed by atoms with van der Waals surface area (Å²) in [5.74, 6) is 1.36. The highest BCUT2D eigenvalue weighted by molar-refractivity contribution is 7.99. The highest BCUT2D eigenvalue weighted by Gasteiger charge is 2.09. The molecule has 1 aromatic rings. The number of aromatic nitrogens is 1. The van der Waals surface area contributed by atoms with Crippen LogP contribution in [-0.2, 0) is 10.5 Å². The quantitative estimate of drug-likeness (QED) is 0.815. The van der Waals surface area contributed by atoms with Gasteiger partial charge in [-0.3, -0.25) is 9.78 Å². The number of hydrogen-bond acceptors (Lipinski definition) is 4. The SMILES string of the molecule is CC(O)CCN(C)C(=O)CSCc1cccnc1. The first-order valence-corrected chi connectivity index (χ1v) is 7.13. The van der Waals surface area contributed by atoms with E-state index in [0.717, 1.165) is 11.3 Å². The minimum atomic E-state index is -0.358. The van der Waals surface area contributed by atoms with Crippen molar-refractivity contribution in [2.24, 2.45) is 0 Å². The fourth-order valence-electron chi connectivity index (χ4n) is 1.36. The van der Waals surface area contributed by atoms with E-state index in [1.165, 1.54) is 0 Å². The van der Waals surface area contributed by atoms with Gasteiger partial charge in [-0.05, 0) is 25.0 Å². The molecule has 4 nitrogen and oxygen atoms in total. The Bertz CT molecular complexity index is 357. The lowest BCUT2D eigenvalue weighted by Crippen LogP contribution is -2.30. The van der Waals surface area contributed by atoms with E-state index in [-0.39, 0.29) is 12.0 Å². The van der Waals surface area contributed by atoms with Crippen molar-refractivity contribution in [1.29, 1.82) is 0 Å². The molecule has 18 heavy (non-hydrogen) atoms. The molecule has 0 spiro atoms. The summed E-state index contributed by atoms with van der Waals surface area (Å²) in [7, 11) is 1.77. The molecule has 100 valence electrons. The summed E-state index contributed by atoms with van der Waals surface area (Å²) in [6.07, 6.45) is 3.82. The summed E-state index contributed by atoms with van der Waals surface area (Å²) in [6.45, 7) is 2.33. The number of carbonyl (C=O) groups excluding carboxylic acids is 1. The van der Waals surface area contributed by atoms with Gasteiger partial charge in [-0.15, -0.1) is 11.8 Å². The third-order valence-electron chi connectivity index (χ3n) is 2.53. The minimum absolute atomic E-state index is 0.101. The van der Waals surface area contributed by atoms with Gasteiger partial charge in [-0.25, -0.2) is 0 Å². The zero-order valence-electron chi connectivity index (χ0n) is 10.9. The number of pyridine rings is 1. The molecular formula is C13H20N2O2S. The summed E-state index contributed by atoms with van der Waals surface area (Å²) >= 11 is 1.58. The second kappa shape index (κ2) is 8.11. The molecule has 1 atom stereocenters. The molecule has 1 heterocycles. The number of aliphatic hydroxyl groups excluding tert-OH is 1. The summed E-state index contributed by atoms with van der Waals surface area (Å²) in [5, 5.41) is 9.16. The molecule has 0 saturated heterocycles. The number of amides is 1. The maximum atomic E-state index is 11.8. The Balaban J connectivity index is 2.20.